The van der Waals surface area contributed by atoms with Crippen molar-refractivity contribution in [2.24, 2.45) is 0 Å². The number of ether oxygens (including phenoxy) is 1. The molecule has 0 fully saturated rings. The lowest BCUT2D eigenvalue weighted by molar-refractivity contribution is -0.123. The number of carbonyl (C=O) groups is 2. The molecule has 1 aromatic carbocycles. The van der Waals surface area contributed by atoms with Crippen molar-refractivity contribution in [3.63, 3.8) is 0 Å². The summed E-state index contributed by atoms with van der Waals surface area (Å²) < 4.78 is 23.2. The van der Waals surface area contributed by atoms with Crippen LogP contribution in [0, 0.1) is 5.82 Å². The summed E-state index contributed by atoms with van der Waals surface area (Å²) in [5.74, 6) is -2.02. The topological polar surface area (TPSA) is 88.8 Å². The monoisotopic (exact) mass is 293 g/mol. The molecular weight excluding hydrogens is 281 g/mol. The number of furan rings is 1. The molecule has 1 amide bonds. The normalized spacial score (nSPS) is 10.1. The Bertz CT molecular complexity index is 639. The van der Waals surface area contributed by atoms with Crippen molar-refractivity contribution in [2.75, 3.05) is 6.61 Å². The summed E-state index contributed by atoms with van der Waals surface area (Å²) in [6.45, 7) is -0.241. The molecule has 0 aliphatic heterocycles. The first kappa shape index (κ1) is 14.6. The van der Waals surface area contributed by atoms with Crippen LogP contribution in [0.4, 0.5) is 4.39 Å². The van der Waals surface area contributed by atoms with Crippen LogP contribution in [0.15, 0.2) is 41.0 Å². The Labute approximate surface area is 119 Å². The molecule has 0 saturated carbocycles. The number of halogens is 1. The molecule has 0 aliphatic carbocycles. The highest BCUT2D eigenvalue weighted by Crippen LogP contribution is 2.19. The first-order chi connectivity index (χ1) is 10.1. The van der Waals surface area contributed by atoms with Crippen molar-refractivity contribution in [1.82, 2.24) is 5.32 Å². The Kier molecular flexibility index (Phi) is 4.55. The summed E-state index contributed by atoms with van der Waals surface area (Å²) in [6, 6.07) is 6.38. The van der Waals surface area contributed by atoms with Crippen LogP contribution < -0.4 is 10.1 Å². The standard InChI is InChI=1S/C14H12FNO5/c15-9-3-4-11(14(18)19)12(6-9)21-8-13(17)16-7-10-2-1-5-20-10/h1-6H,7-8H2,(H,16,17)(H,18,19). The molecule has 0 atom stereocenters. The second kappa shape index (κ2) is 6.56. The molecule has 0 spiro atoms. The van der Waals surface area contributed by atoms with Gasteiger partial charge in [-0.05, 0) is 24.3 Å². The first-order valence-corrected chi connectivity index (χ1v) is 6.01. The number of hydrogen-bond donors (Lipinski definition) is 2. The highest BCUT2D eigenvalue weighted by molar-refractivity contribution is 5.91. The maximum Gasteiger partial charge on any atom is 0.339 e. The van der Waals surface area contributed by atoms with E-state index < -0.39 is 24.3 Å². The number of carboxylic acid groups (broad SMARTS) is 1. The number of benzene rings is 1. The third kappa shape index (κ3) is 4.07. The summed E-state index contributed by atoms with van der Waals surface area (Å²) in [5.41, 5.74) is -0.213. The van der Waals surface area contributed by atoms with Gasteiger partial charge in [-0.1, -0.05) is 0 Å². The van der Waals surface area contributed by atoms with Crippen molar-refractivity contribution in [2.45, 2.75) is 6.54 Å². The predicted octanol–water partition coefficient (Wildman–Crippen LogP) is 1.81. The van der Waals surface area contributed by atoms with Gasteiger partial charge in [-0.15, -0.1) is 0 Å². The minimum absolute atomic E-state index is 0.185. The SMILES string of the molecule is O=C(COc1cc(F)ccc1C(=O)O)NCc1ccco1. The van der Waals surface area contributed by atoms with Crippen LogP contribution in [0.25, 0.3) is 0 Å². The fraction of sp³-hybridized carbons (Fsp3) is 0.143. The lowest BCUT2D eigenvalue weighted by Crippen LogP contribution is -2.28. The maximum atomic E-state index is 13.1. The smallest absolute Gasteiger partial charge is 0.339 e. The molecule has 21 heavy (non-hydrogen) atoms. The van der Waals surface area contributed by atoms with E-state index in [0.717, 1.165) is 18.2 Å². The second-order valence-corrected chi connectivity index (χ2v) is 4.09. The Hall–Kier alpha value is -2.83. The third-order valence-electron chi connectivity index (χ3n) is 2.57. The van der Waals surface area contributed by atoms with Crippen molar-refractivity contribution in [3.05, 3.63) is 53.7 Å². The average molecular weight is 293 g/mol. The first-order valence-electron chi connectivity index (χ1n) is 6.01. The highest BCUT2D eigenvalue weighted by atomic mass is 19.1. The van der Waals surface area contributed by atoms with Gasteiger partial charge in [0.2, 0.25) is 0 Å². The Morgan fingerprint density at radius 3 is 2.81 bits per heavy atom. The van der Waals surface area contributed by atoms with Gasteiger partial charge in [-0.2, -0.15) is 0 Å². The van der Waals surface area contributed by atoms with Crippen molar-refractivity contribution in [3.8, 4) is 5.75 Å². The summed E-state index contributed by atoms with van der Waals surface area (Å²) in [6.07, 6.45) is 1.48. The lowest BCUT2D eigenvalue weighted by Gasteiger charge is -2.09. The molecule has 0 unspecified atom stereocenters. The summed E-state index contributed by atoms with van der Waals surface area (Å²) in [7, 11) is 0. The predicted molar refractivity (Wildman–Crippen MR) is 69.4 cm³/mol. The van der Waals surface area contributed by atoms with E-state index in [2.05, 4.69) is 5.32 Å². The quantitative estimate of drug-likeness (QED) is 0.848. The van der Waals surface area contributed by atoms with E-state index >= 15 is 0 Å². The van der Waals surface area contributed by atoms with Crippen LogP contribution in [0.2, 0.25) is 0 Å². The number of nitrogens with one attached hydrogen (secondary N) is 1. The summed E-state index contributed by atoms with van der Waals surface area (Å²) in [4.78, 5) is 22.5. The second-order valence-electron chi connectivity index (χ2n) is 4.09. The molecule has 6 nitrogen and oxygen atoms in total. The third-order valence-corrected chi connectivity index (χ3v) is 2.57. The Morgan fingerprint density at radius 2 is 2.14 bits per heavy atom. The van der Waals surface area contributed by atoms with E-state index in [0.29, 0.717) is 5.76 Å². The van der Waals surface area contributed by atoms with Crippen LogP contribution in [0.1, 0.15) is 16.1 Å². The average Bonchev–Trinajstić information content (AvgIpc) is 2.96. The number of hydrogen-bond acceptors (Lipinski definition) is 4. The van der Waals surface area contributed by atoms with E-state index in [1.165, 1.54) is 6.26 Å². The Balaban J connectivity index is 1.91. The fourth-order valence-electron chi connectivity index (χ4n) is 1.59. The zero-order valence-corrected chi connectivity index (χ0v) is 10.8. The van der Waals surface area contributed by atoms with Gasteiger partial charge in [0, 0.05) is 6.07 Å². The van der Waals surface area contributed by atoms with Gasteiger partial charge < -0.3 is 19.6 Å². The van der Waals surface area contributed by atoms with Crippen LogP contribution >= 0.6 is 0 Å². The van der Waals surface area contributed by atoms with Gasteiger partial charge in [-0.25, -0.2) is 9.18 Å². The Morgan fingerprint density at radius 1 is 1.33 bits per heavy atom. The van der Waals surface area contributed by atoms with Gasteiger partial charge >= 0.3 is 5.97 Å². The number of rotatable bonds is 6. The molecule has 0 saturated heterocycles. The number of carbonyl (C=O) groups excluding carboxylic acids is 1. The zero-order chi connectivity index (χ0) is 15.2. The van der Waals surface area contributed by atoms with Crippen molar-refractivity contribution in [1.29, 1.82) is 0 Å². The number of amides is 1. The van der Waals surface area contributed by atoms with E-state index in [-0.39, 0.29) is 17.9 Å². The largest absolute Gasteiger partial charge is 0.483 e. The van der Waals surface area contributed by atoms with Gasteiger partial charge in [0.15, 0.2) is 6.61 Å². The number of aromatic carboxylic acids is 1. The summed E-state index contributed by atoms with van der Waals surface area (Å²) >= 11 is 0. The molecule has 2 rings (SSSR count). The van der Waals surface area contributed by atoms with Crippen LogP contribution in [-0.4, -0.2) is 23.6 Å². The van der Waals surface area contributed by atoms with Crippen molar-refractivity contribution >= 4 is 11.9 Å². The molecular formula is C14H12FNO5. The maximum absolute atomic E-state index is 13.1. The van der Waals surface area contributed by atoms with Crippen LogP contribution in [-0.2, 0) is 11.3 Å². The molecule has 1 heterocycles. The molecule has 0 radical (unpaired) electrons. The molecule has 110 valence electrons. The molecule has 0 aliphatic rings. The molecule has 0 bridgehead atoms. The molecule has 7 heteroatoms. The van der Waals surface area contributed by atoms with Crippen LogP contribution in [0.5, 0.6) is 5.75 Å². The van der Waals surface area contributed by atoms with Gasteiger partial charge in [0.1, 0.15) is 22.9 Å². The van der Waals surface area contributed by atoms with E-state index in [1.54, 1.807) is 12.1 Å². The lowest BCUT2D eigenvalue weighted by atomic mass is 10.2. The molecule has 2 aromatic rings. The zero-order valence-electron chi connectivity index (χ0n) is 10.8. The van der Waals surface area contributed by atoms with E-state index in [9.17, 15) is 14.0 Å². The van der Waals surface area contributed by atoms with Crippen LogP contribution in [0.3, 0.4) is 0 Å². The summed E-state index contributed by atoms with van der Waals surface area (Å²) in [5, 5.41) is 11.5. The van der Waals surface area contributed by atoms with Gasteiger partial charge in [0.05, 0.1) is 12.8 Å². The van der Waals surface area contributed by atoms with E-state index in [1.807, 2.05) is 0 Å². The number of carboxylic acids is 1. The molecule has 1 aromatic heterocycles. The molecule has 2 N–H and O–H groups in total. The van der Waals surface area contributed by atoms with Gasteiger partial charge in [0.25, 0.3) is 5.91 Å². The minimum atomic E-state index is -1.26. The fourth-order valence-corrected chi connectivity index (χ4v) is 1.59. The van der Waals surface area contributed by atoms with Crippen molar-refractivity contribution < 1.29 is 28.2 Å². The van der Waals surface area contributed by atoms with E-state index in [4.69, 9.17) is 14.3 Å². The highest BCUT2D eigenvalue weighted by Gasteiger charge is 2.13. The van der Waals surface area contributed by atoms with Gasteiger partial charge in [-0.3, -0.25) is 4.79 Å². The minimum Gasteiger partial charge on any atom is -0.483 e.